The molecule has 1 rings (SSSR count). The Kier molecular flexibility index (Phi) is 2.36. The van der Waals surface area contributed by atoms with Crippen molar-refractivity contribution in [2.45, 2.75) is 0 Å². The van der Waals surface area contributed by atoms with Gasteiger partial charge >= 0.3 is 0 Å². The molecule has 0 aliphatic rings. The van der Waals surface area contributed by atoms with Crippen LogP contribution in [0.3, 0.4) is 0 Å². The molecule has 0 saturated heterocycles. The first-order valence-electron chi connectivity index (χ1n) is 2.61. The molecule has 0 unspecified atom stereocenters. The molecule has 1 aromatic carbocycles. The molecule has 0 atom stereocenters. The van der Waals surface area contributed by atoms with Crippen molar-refractivity contribution >= 4 is 31.9 Å². The van der Waals surface area contributed by atoms with Crippen LogP contribution in [0.5, 0.6) is 5.75 Å². The van der Waals surface area contributed by atoms with Gasteiger partial charge in [0.25, 0.3) is 0 Å². The SMILES string of the molecule is [CH2]c1cc(Br)c(O)c(Br)c1. The van der Waals surface area contributed by atoms with Crippen LogP contribution in [0.25, 0.3) is 0 Å². The molecule has 0 aliphatic heterocycles. The van der Waals surface area contributed by atoms with E-state index in [1.807, 2.05) is 0 Å². The molecule has 1 nitrogen and oxygen atoms in total. The Morgan fingerprint density at radius 1 is 1.20 bits per heavy atom. The molecule has 0 aliphatic carbocycles. The zero-order valence-corrected chi connectivity index (χ0v) is 8.24. The van der Waals surface area contributed by atoms with Crippen LogP contribution in [-0.4, -0.2) is 5.11 Å². The van der Waals surface area contributed by atoms with Gasteiger partial charge in [0.15, 0.2) is 0 Å². The molecule has 1 aromatic rings. The maximum atomic E-state index is 9.21. The molecule has 1 radical (unpaired) electrons. The summed E-state index contributed by atoms with van der Waals surface area (Å²) in [5, 5.41) is 9.21. The predicted molar refractivity (Wildman–Crippen MR) is 48.0 cm³/mol. The summed E-state index contributed by atoms with van der Waals surface area (Å²) in [5.74, 6) is 0.215. The summed E-state index contributed by atoms with van der Waals surface area (Å²) in [7, 11) is 0. The van der Waals surface area contributed by atoms with Gasteiger partial charge in [-0.2, -0.15) is 0 Å². The Balaban J connectivity index is 3.31. The zero-order chi connectivity index (χ0) is 7.72. The average molecular weight is 265 g/mol. The highest BCUT2D eigenvalue weighted by Crippen LogP contribution is 2.32. The first kappa shape index (κ1) is 8.08. The number of benzene rings is 1. The molecule has 0 fully saturated rings. The summed E-state index contributed by atoms with van der Waals surface area (Å²) in [4.78, 5) is 0. The first-order valence-corrected chi connectivity index (χ1v) is 4.20. The minimum Gasteiger partial charge on any atom is -0.506 e. The van der Waals surface area contributed by atoms with Crippen molar-refractivity contribution in [3.8, 4) is 5.75 Å². The van der Waals surface area contributed by atoms with Gasteiger partial charge in [-0.25, -0.2) is 0 Å². The van der Waals surface area contributed by atoms with Crippen molar-refractivity contribution in [1.82, 2.24) is 0 Å². The Bertz CT molecular complexity index is 235. The molecule has 0 amide bonds. The van der Waals surface area contributed by atoms with E-state index in [4.69, 9.17) is 0 Å². The number of halogens is 2. The number of hydrogen-bond donors (Lipinski definition) is 1. The third kappa shape index (κ3) is 1.52. The van der Waals surface area contributed by atoms with E-state index in [2.05, 4.69) is 38.8 Å². The van der Waals surface area contributed by atoms with Gasteiger partial charge in [0, 0.05) is 0 Å². The standard InChI is InChI=1S/C7H5Br2O/c1-4-2-5(8)7(10)6(9)3-4/h2-3,10H,1H2. The van der Waals surface area contributed by atoms with Crippen molar-refractivity contribution in [3.05, 3.63) is 33.6 Å². The Hall–Kier alpha value is -0.0200. The molecule has 0 bridgehead atoms. The van der Waals surface area contributed by atoms with Gasteiger partial charge in [-0.05, 0) is 56.5 Å². The molecule has 0 spiro atoms. The molecule has 0 saturated carbocycles. The molecule has 10 heavy (non-hydrogen) atoms. The maximum absolute atomic E-state index is 9.21. The molecular weight excluding hydrogens is 260 g/mol. The van der Waals surface area contributed by atoms with Crippen molar-refractivity contribution in [3.63, 3.8) is 0 Å². The van der Waals surface area contributed by atoms with Gasteiger partial charge in [0.1, 0.15) is 5.75 Å². The van der Waals surface area contributed by atoms with E-state index in [1.54, 1.807) is 12.1 Å². The highest BCUT2D eigenvalue weighted by molar-refractivity contribution is 9.11. The van der Waals surface area contributed by atoms with Crippen LogP contribution in [0, 0.1) is 6.92 Å². The van der Waals surface area contributed by atoms with Crippen molar-refractivity contribution in [2.24, 2.45) is 0 Å². The number of aromatic hydroxyl groups is 1. The van der Waals surface area contributed by atoms with E-state index >= 15 is 0 Å². The summed E-state index contributed by atoms with van der Waals surface area (Å²) in [6.45, 7) is 3.71. The van der Waals surface area contributed by atoms with E-state index in [-0.39, 0.29) is 5.75 Å². The molecule has 0 aromatic heterocycles. The summed E-state index contributed by atoms with van der Waals surface area (Å²) in [6, 6.07) is 3.50. The van der Waals surface area contributed by atoms with Gasteiger partial charge in [-0.15, -0.1) is 0 Å². The monoisotopic (exact) mass is 263 g/mol. The summed E-state index contributed by atoms with van der Waals surface area (Å²) in [5.41, 5.74) is 0.858. The van der Waals surface area contributed by atoms with E-state index in [9.17, 15) is 5.11 Å². The molecular formula is C7H5Br2O. The molecule has 3 heteroatoms. The normalized spacial score (nSPS) is 9.90. The third-order valence-corrected chi connectivity index (χ3v) is 2.29. The van der Waals surface area contributed by atoms with Crippen LogP contribution in [0.1, 0.15) is 5.56 Å². The van der Waals surface area contributed by atoms with E-state index in [0.717, 1.165) is 5.56 Å². The quantitative estimate of drug-likeness (QED) is 0.764. The number of phenols is 1. The van der Waals surface area contributed by atoms with Crippen molar-refractivity contribution < 1.29 is 5.11 Å². The van der Waals surface area contributed by atoms with Crippen LogP contribution in [0.15, 0.2) is 21.1 Å². The minimum atomic E-state index is 0.215. The van der Waals surface area contributed by atoms with Crippen molar-refractivity contribution in [2.75, 3.05) is 0 Å². The largest absolute Gasteiger partial charge is 0.506 e. The highest BCUT2D eigenvalue weighted by Gasteiger charge is 2.02. The summed E-state index contributed by atoms with van der Waals surface area (Å²) in [6.07, 6.45) is 0. The predicted octanol–water partition coefficient (Wildman–Crippen LogP) is 3.10. The zero-order valence-electron chi connectivity index (χ0n) is 5.06. The van der Waals surface area contributed by atoms with E-state index in [0.29, 0.717) is 8.95 Å². The fraction of sp³-hybridized carbons (Fsp3) is 0. The fourth-order valence-corrected chi connectivity index (χ4v) is 1.90. The van der Waals surface area contributed by atoms with Crippen LogP contribution in [0.4, 0.5) is 0 Å². The van der Waals surface area contributed by atoms with Crippen LogP contribution in [-0.2, 0) is 0 Å². The highest BCUT2D eigenvalue weighted by atomic mass is 79.9. The number of phenolic OH excluding ortho intramolecular Hbond substituents is 1. The van der Waals surface area contributed by atoms with Gasteiger partial charge in [0.2, 0.25) is 0 Å². The fourth-order valence-electron chi connectivity index (χ4n) is 0.618. The summed E-state index contributed by atoms with van der Waals surface area (Å²) < 4.78 is 1.32. The van der Waals surface area contributed by atoms with Crippen LogP contribution < -0.4 is 0 Å². The van der Waals surface area contributed by atoms with Gasteiger partial charge < -0.3 is 5.11 Å². The number of rotatable bonds is 0. The van der Waals surface area contributed by atoms with Gasteiger partial charge in [0.05, 0.1) is 8.95 Å². The Morgan fingerprint density at radius 2 is 1.60 bits per heavy atom. The average Bonchev–Trinajstić information content (AvgIpc) is 1.82. The maximum Gasteiger partial charge on any atom is 0.143 e. The lowest BCUT2D eigenvalue weighted by atomic mass is 10.2. The number of hydrogen-bond acceptors (Lipinski definition) is 1. The van der Waals surface area contributed by atoms with E-state index in [1.165, 1.54) is 0 Å². The van der Waals surface area contributed by atoms with E-state index < -0.39 is 0 Å². The first-order chi connectivity index (χ1) is 4.61. The second kappa shape index (κ2) is 2.93. The van der Waals surface area contributed by atoms with Gasteiger partial charge in [-0.3, -0.25) is 0 Å². The third-order valence-electron chi connectivity index (χ3n) is 1.08. The topological polar surface area (TPSA) is 20.2 Å². The summed E-state index contributed by atoms with van der Waals surface area (Å²) >= 11 is 6.35. The molecule has 53 valence electrons. The van der Waals surface area contributed by atoms with Gasteiger partial charge in [-0.1, -0.05) is 0 Å². The van der Waals surface area contributed by atoms with Crippen molar-refractivity contribution in [1.29, 1.82) is 0 Å². The van der Waals surface area contributed by atoms with Crippen LogP contribution in [0.2, 0.25) is 0 Å². The molecule has 0 heterocycles. The smallest absolute Gasteiger partial charge is 0.143 e. The lowest BCUT2D eigenvalue weighted by Crippen LogP contribution is -1.75. The molecule has 1 N–H and O–H groups in total. The minimum absolute atomic E-state index is 0.215. The second-order valence-electron chi connectivity index (χ2n) is 1.91. The van der Waals surface area contributed by atoms with Crippen LogP contribution >= 0.6 is 31.9 Å². The Labute approximate surface area is 76.3 Å². The second-order valence-corrected chi connectivity index (χ2v) is 3.62. The lowest BCUT2D eigenvalue weighted by molar-refractivity contribution is 0.468. The lowest BCUT2D eigenvalue weighted by Gasteiger charge is -2.00. The Morgan fingerprint density at radius 3 is 2.00 bits per heavy atom.